The molecule has 0 spiro atoms. The summed E-state index contributed by atoms with van der Waals surface area (Å²) in [7, 11) is -3.52. The standard InChI is InChI=1S/C8H14N2O4Si/c1-7(2)13-15(9-5-11,10-6-12)14-8(3)4/h7-8H,1-4H3. The minimum Gasteiger partial charge on any atom is -0.356 e. The molecular weight excluding hydrogens is 216 g/mol. The molecule has 7 heteroatoms. The van der Waals surface area contributed by atoms with Crippen LogP contribution in [0.3, 0.4) is 0 Å². The van der Waals surface area contributed by atoms with Gasteiger partial charge < -0.3 is 8.85 Å². The van der Waals surface area contributed by atoms with Gasteiger partial charge in [0.15, 0.2) is 0 Å². The molecule has 0 aliphatic carbocycles. The molecule has 0 saturated heterocycles. The van der Waals surface area contributed by atoms with E-state index >= 15 is 0 Å². The van der Waals surface area contributed by atoms with E-state index in [9.17, 15) is 9.59 Å². The van der Waals surface area contributed by atoms with Crippen molar-refractivity contribution < 1.29 is 18.4 Å². The van der Waals surface area contributed by atoms with Crippen molar-refractivity contribution in [1.29, 1.82) is 0 Å². The molecule has 15 heavy (non-hydrogen) atoms. The lowest BCUT2D eigenvalue weighted by Crippen LogP contribution is -2.43. The van der Waals surface area contributed by atoms with E-state index < -0.39 is 8.88 Å². The maximum Gasteiger partial charge on any atom is 0.648 e. The Bertz CT molecular complexity index is 263. The van der Waals surface area contributed by atoms with Crippen LogP contribution in [0, 0.1) is 0 Å². The molecule has 0 aromatic carbocycles. The van der Waals surface area contributed by atoms with Crippen LogP contribution in [0.25, 0.3) is 0 Å². The topological polar surface area (TPSA) is 77.3 Å². The Hall–Kier alpha value is -1.10. The molecule has 0 amide bonds. The second-order valence-electron chi connectivity index (χ2n) is 3.29. The van der Waals surface area contributed by atoms with E-state index in [4.69, 9.17) is 8.85 Å². The zero-order valence-corrected chi connectivity index (χ0v) is 10.2. The average molecular weight is 230 g/mol. The van der Waals surface area contributed by atoms with Crippen LogP contribution in [0.1, 0.15) is 27.7 Å². The van der Waals surface area contributed by atoms with Gasteiger partial charge in [-0.3, -0.25) is 0 Å². The van der Waals surface area contributed by atoms with Gasteiger partial charge in [-0.15, -0.1) is 0 Å². The summed E-state index contributed by atoms with van der Waals surface area (Å²) in [6.45, 7) is 6.91. The molecular formula is C8H14N2O4Si. The van der Waals surface area contributed by atoms with Crippen LogP contribution in [0.5, 0.6) is 0 Å². The van der Waals surface area contributed by atoms with E-state index in [0.717, 1.165) is 0 Å². The van der Waals surface area contributed by atoms with Crippen LogP contribution in [0.4, 0.5) is 0 Å². The van der Waals surface area contributed by atoms with Crippen molar-refractivity contribution in [2.24, 2.45) is 9.32 Å². The molecule has 0 rings (SSSR count). The fraction of sp³-hybridized carbons (Fsp3) is 0.750. The molecule has 0 heterocycles. The predicted octanol–water partition coefficient (Wildman–Crippen LogP) is 0.944. The van der Waals surface area contributed by atoms with Crippen molar-refractivity contribution in [2.75, 3.05) is 0 Å². The Balaban J connectivity index is 5.05. The largest absolute Gasteiger partial charge is 0.648 e. The van der Waals surface area contributed by atoms with Crippen LogP contribution in [0.15, 0.2) is 9.32 Å². The first kappa shape index (κ1) is 13.9. The molecule has 0 aromatic rings. The van der Waals surface area contributed by atoms with Crippen molar-refractivity contribution >= 4 is 21.0 Å². The summed E-state index contributed by atoms with van der Waals surface area (Å²) in [5, 5.41) is 0. The fourth-order valence-electron chi connectivity index (χ4n) is 0.888. The summed E-state index contributed by atoms with van der Waals surface area (Å²) in [6.07, 6.45) is 2.12. The predicted molar refractivity (Wildman–Crippen MR) is 54.4 cm³/mol. The summed E-state index contributed by atoms with van der Waals surface area (Å²) in [5.74, 6) is 0. The van der Waals surface area contributed by atoms with Crippen molar-refractivity contribution in [1.82, 2.24) is 0 Å². The SMILES string of the molecule is CC(C)O[Si](N=C=O)(N=C=O)OC(C)C. The molecule has 6 nitrogen and oxygen atoms in total. The molecule has 0 bridgehead atoms. The summed E-state index contributed by atoms with van der Waals surface area (Å²) >= 11 is 0. The monoisotopic (exact) mass is 230 g/mol. The smallest absolute Gasteiger partial charge is 0.356 e. The van der Waals surface area contributed by atoms with Gasteiger partial charge in [-0.25, -0.2) is 9.59 Å². The number of hydrogen-bond acceptors (Lipinski definition) is 6. The molecule has 0 saturated carbocycles. The maximum atomic E-state index is 10.3. The first-order valence-electron chi connectivity index (χ1n) is 4.49. The van der Waals surface area contributed by atoms with Crippen LogP contribution in [-0.2, 0) is 18.4 Å². The third-order valence-electron chi connectivity index (χ3n) is 1.15. The Morgan fingerprint density at radius 2 is 1.27 bits per heavy atom. The minimum absolute atomic E-state index is 0.260. The van der Waals surface area contributed by atoms with E-state index in [2.05, 4.69) is 9.32 Å². The second-order valence-corrected chi connectivity index (χ2v) is 5.30. The molecule has 0 atom stereocenters. The third-order valence-corrected chi connectivity index (χ3v) is 3.46. The quantitative estimate of drug-likeness (QED) is 0.386. The molecule has 0 unspecified atom stereocenters. The van der Waals surface area contributed by atoms with E-state index in [1.165, 1.54) is 12.2 Å². The highest BCUT2D eigenvalue weighted by molar-refractivity contribution is 6.65. The summed E-state index contributed by atoms with van der Waals surface area (Å²) < 4.78 is 17.3. The van der Waals surface area contributed by atoms with Gasteiger partial charge in [0.25, 0.3) is 0 Å². The number of rotatable bonds is 6. The summed E-state index contributed by atoms with van der Waals surface area (Å²) in [4.78, 5) is 20.5. The van der Waals surface area contributed by atoms with Gasteiger partial charge in [0.1, 0.15) is 0 Å². The molecule has 0 N–H and O–H groups in total. The number of hydrogen-bond donors (Lipinski definition) is 0. The highest BCUT2D eigenvalue weighted by atomic mass is 28.4. The molecule has 0 aromatic heterocycles. The van der Waals surface area contributed by atoms with Gasteiger partial charge in [-0.2, -0.15) is 9.32 Å². The van der Waals surface area contributed by atoms with Crippen LogP contribution in [-0.4, -0.2) is 33.3 Å². The lowest BCUT2D eigenvalue weighted by molar-refractivity contribution is 0.107. The van der Waals surface area contributed by atoms with E-state index in [0.29, 0.717) is 0 Å². The first-order chi connectivity index (χ1) is 6.95. The van der Waals surface area contributed by atoms with Gasteiger partial charge in [-0.05, 0) is 27.7 Å². The van der Waals surface area contributed by atoms with Crippen LogP contribution >= 0.6 is 0 Å². The fourth-order valence-corrected chi connectivity index (χ4v) is 2.66. The van der Waals surface area contributed by atoms with Crippen molar-refractivity contribution in [2.45, 2.75) is 39.9 Å². The third kappa shape index (κ3) is 5.36. The Kier molecular flexibility index (Phi) is 5.92. The van der Waals surface area contributed by atoms with Crippen molar-refractivity contribution in [3.63, 3.8) is 0 Å². The Morgan fingerprint density at radius 3 is 1.47 bits per heavy atom. The number of isocyanates is 2. The van der Waals surface area contributed by atoms with Gasteiger partial charge in [0.2, 0.25) is 12.2 Å². The average Bonchev–Trinajstić information content (AvgIpc) is 2.01. The highest BCUT2D eigenvalue weighted by Gasteiger charge is 2.44. The van der Waals surface area contributed by atoms with Gasteiger partial charge in [0.05, 0.1) is 0 Å². The van der Waals surface area contributed by atoms with Gasteiger partial charge in [-0.1, -0.05) is 0 Å². The van der Waals surface area contributed by atoms with Gasteiger partial charge in [0, 0.05) is 12.2 Å². The van der Waals surface area contributed by atoms with Crippen LogP contribution in [0.2, 0.25) is 0 Å². The number of carbonyl (C=O) groups excluding carboxylic acids is 2. The Morgan fingerprint density at radius 1 is 0.933 bits per heavy atom. The molecule has 84 valence electrons. The van der Waals surface area contributed by atoms with E-state index in [1.54, 1.807) is 27.7 Å². The highest BCUT2D eigenvalue weighted by Crippen LogP contribution is 2.15. The molecule has 0 aliphatic heterocycles. The van der Waals surface area contributed by atoms with Crippen molar-refractivity contribution in [3.05, 3.63) is 0 Å². The summed E-state index contributed by atoms with van der Waals surface area (Å²) in [5.41, 5.74) is 0. The zero-order valence-electron chi connectivity index (χ0n) is 9.18. The molecule has 0 aliphatic rings. The first-order valence-corrected chi connectivity index (χ1v) is 6.20. The summed E-state index contributed by atoms with van der Waals surface area (Å²) in [6, 6.07) is 0. The van der Waals surface area contributed by atoms with Gasteiger partial charge >= 0.3 is 8.88 Å². The maximum absolute atomic E-state index is 10.3. The lowest BCUT2D eigenvalue weighted by atomic mass is 10.5. The van der Waals surface area contributed by atoms with Crippen molar-refractivity contribution in [3.8, 4) is 0 Å². The molecule has 0 fully saturated rings. The van der Waals surface area contributed by atoms with E-state index in [1.807, 2.05) is 0 Å². The Labute approximate surface area is 89.4 Å². The lowest BCUT2D eigenvalue weighted by Gasteiger charge is -2.22. The van der Waals surface area contributed by atoms with Crippen LogP contribution < -0.4 is 0 Å². The van der Waals surface area contributed by atoms with E-state index in [-0.39, 0.29) is 12.2 Å². The normalized spacial score (nSPS) is 11.1. The number of nitrogens with zero attached hydrogens (tertiary/aromatic N) is 2. The minimum atomic E-state index is -3.52. The molecule has 0 radical (unpaired) electrons. The second kappa shape index (κ2) is 6.39. The zero-order chi connectivity index (χ0) is 11.9.